The molecule has 1 atom stereocenters. The Morgan fingerprint density at radius 2 is 2.56 bits per heavy atom. The molecule has 90 valence electrons. The van der Waals surface area contributed by atoms with Crippen molar-refractivity contribution >= 4 is 11.3 Å². The summed E-state index contributed by atoms with van der Waals surface area (Å²) in [5.74, 6) is 0. The molecule has 16 heavy (non-hydrogen) atoms. The smallest absolute Gasteiger partial charge is 0.0619 e. The van der Waals surface area contributed by atoms with Gasteiger partial charge in [-0.2, -0.15) is 0 Å². The molecule has 0 amide bonds. The lowest BCUT2D eigenvalue weighted by atomic mass is 10.2. The van der Waals surface area contributed by atoms with Crippen molar-refractivity contribution in [3.05, 3.63) is 22.4 Å². The molecule has 0 aliphatic carbocycles. The maximum absolute atomic E-state index is 5.42. The van der Waals surface area contributed by atoms with E-state index in [-0.39, 0.29) is 0 Å². The molecule has 1 aliphatic heterocycles. The van der Waals surface area contributed by atoms with Crippen LogP contribution >= 0.6 is 11.3 Å². The monoisotopic (exact) mass is 240 g/mol. The van der Waals surface area contributed by atoms with Crippen LogP contribution in [0, 0.1) is 0 Å². The second kappa shape index (κ2) is 6.35. The van der Waals surface area contributed by atoms with Crippen molar-refractivity contribution in [3.63, 3.8) is 0 Å². The normalized spacial score (nSPS) is 22.4. The molecule has 0 spiro atoms. The van der Waals surface area contributed by atoms with Crippen LogP contribution in [0.15, 0.2) is 17.5 Å². The number of morpholine rings is 1. The van der Waals surface area contributed by atoms with Crippen molar-refractivity contribution in [1.82, 2.24) is 10.2 Å². The first-order valence-corrected chi connectivity index (χ1v) is 6.79. The van der Waals surface area contributed by atoms with E-state index < -0.39 is 0 Å². The van der Waals surface area contributed by atoms with E-state index in [1.807, 2.05) is 11.3 Å². The molecule has 0 radical (unpaired) electrons. The number of rotatable bonds is 5. The summed E-state index contributed by atoms with van der Waals surface area (Å²) < 4.78 is 5.42. The van der Waals surface area contributed by atoms with E-state index in [1.165, 1.54) is 4.88 Å². The highest BCUT2D eigenvalue weighted by Gasteiger charge is 2.17. The molecule has 1 unspecified atom stereocenters. The standard InChI is InChI=1S/C12H20N2OS/c1-11-10-15-7-6-14(11)5-4-13-9-12-3-2-8-16-12/h2-3,8,11,13H,4-7,9-10H2,1H3. The highest BCUT2D eigenvalue weighted by molar-refractivity contribution is 7.09. The lowest BCUT2D eigenvalue weighted by molar-refractivity contribution is 0.000411. The van der Waals surface area contributed by atoms with Crippen molar-refractivity contribution in [2.75, 3.05) is 32.8 Å². The molecule has 0 saturated carbocycles. The van der Waals surface area contributed by atoms with E-state index >= 15 is 0 Å². The van der Waals surface area contributed by atoms with Crippen LogP contribution in [-0.4, -0.2) is 43.8 Å². The summed E-state index contributed by atoms with van der Waals surface area (Å²) in [6, 6.07) is 4.85. The van der Waals surface area contributed by atoms with Crippen LogP contribution in [0.1, 0.15) is 11.8 Å². The number of ether oxygens (including phenoxy) is 1. The van der Waals surface area contributed by atoms with Crippen molar-refractivity contribution in [2.45, 2.75) is 19.5 Å². The number of nitrogens with one attached hydrogen (secondary N) is 1. The lowest BCUT2D eigenvalue weighted by Gasteiger charge is -2.33. The Bertz CT molecular complexity index is 289. The fourth-order valence-corrected chi connectivity index (χ4v) is 2.62. The summed E-state index contributed by atoms with van der Waals surface area (Å²) in [5.41, 5.74) is 0. The third kappa shape index (κ3) is 3.56. The van der Waals surface area contributed by atoms with Crippen molar-refractivity contribution in [3.8, 4) is 0 Å². The van der Waals surface area contributed by atoms with E-state index in [4.69, 9.17) is 4.74 Å². The van der Waals surface area contributed by atoms with Gasteiger partial charge in [-0.05, 0) is 18.4 Å². The highest BCUT2D eigenvalue weighted by atomic mass is 32.1. The van der Waals surface area contributed by atoms with Gasteiger partial charge in [0.05, 0.1) is 13.2 Å². The Labute approximate surface area is 101 Å². The molecule has 1 aliphatic rings. The molecule has 3 nitrogen and oxygen atoms in total. The van der Waals surface area contributed by atoms with Gasteiger partial charge in [0.15, 0.2) is 0 Å². The van der Waals surface area contributed by atoms with Gasteiger partial charge in [0, 0.05) is 37.1 Å². The third-order valence-electron chi connectivity index (χ3n) is 2.96. The van der Waals surface area contributed by atoms with Gasteiger partial charge < -0.3 is 10.1 Å². The van der Waals surface area contributed by atoms with Crippen LogP contribution in [0.5, 0.6) is 0 Å². The largest absolute Gasteiger partial charge is 0.379 e. The van der Waals surface area contributed by atoms with E-state index in [0.29, 0.717) is 6.04 Å². The van der Waals surface area contributed by atoms with Gasteiger partial charge in [-0.3, -0.25) is 4.90 Å². The molecule has 1 saturated heterocycles. The van der Waals surface area contributed by atoms with Crippen molar-refractivity contribution in [1.29, 1.82) is 0 Å². The minimum atomic E-state index is 0.567. The summed E-state index contributed by atoms with van der Waals surface area (Å²) in [6.07, 6.45) is 0. The van der Waals surface area contributed by atoms with Crippen molar-refractivity contribution in [2.24, 2.45) is 0 Å². The van der Waals surface area contributed by atoms with E-state index in [0.717, 1.165) is 39.4 Å². The average molecular weight is 240 g/mol. The lowest BCUT2D eigenvalue weighted by Crippen LogP contribution is -2.46. The zero-order valence-electron chi connectivity index (χ0n) is 9.82. The van der Waals surface area contributed by atoms with Gasteiger partial charge in [0.2, 0.25) is 0 Å². The summed E-state index contributed by atoms with van der Waals surface area (Å²) in [4.78, 5) is 3.90. The Morgan fingerprint density at radius 1 is 1.62 bits per heavy atom. The summed E-state index contributed by atoms with van der Waals surface area (Å²) in [5, 5.41) is 5.61. The molecule has 2 rings (SSSR count). The van der Waals surface area contributed by atoms with Crippen LogP contribution in [0.3, 0.4) is 0 Å². The quantitative estimate of drug-likeness (QED) is 0.791. The van der Waals surface area contributed by atoms with Gasteiger partial charge in [-0.15, -0.1) is 11.3 Å². The highest BCUT2D eigenvalue weighted by Crippen LogP contribution is 2.07. The topological polar surface area (TPSA) is 24.5 Å². The maximum Gasteiger partial charge on any atom is 0.0619 e. The first kappa shape index (κ1) is 12.0. The molecule has 1 fully saturated rings. The minimum absolute atomic E-state index is 0.567. The Balaban J connectivity index is 1.60. The second-order valence-electron chi connectivity index (χ2n) is 4.22. The van der Waals surface area contributed by atoms with Crippen LogP contribution in [-0.2, 0) is 11.3 Å². The molecular weight excluding hydrogens is 220 g/mol. The molecule has 1 aromatic rings. The fourth-order valence-electron chi connectivity index (χ4n) is 1.94. The SMILES string of the molecule is CC1COCCN1CCNCc1cccs1. The van der Waals surface area contributed by atoms with E-state index in [1.54, 1.807) is 0 Å². The Morgan fingerprint density at radius 3 is 3.31 bits per heavy atom. The zero-order valence-corrected chi connectivity index (χ0v) is 10.6. The average Bonchev–Trinajstić information content (AvgIpc) is 2.79. The molecule has 0 aromatic carbocycles. The van der Waals surface area contributed by atoms with Crippen LogP contribution in [0.4, 0.5) is 0 Å². The van der Waals surface area contributed by atoms with Crippen LogP contribution < -0.4 is 5.32 Å². The maximum atomic E-state index is 5.42. The van der Waals surface area contributed by atoms with Crippen LogP contribution in [0.2, 0.25) is 0 Å². The third-order valence-corrected chi connectivity index (χ3v) is 3.84. The van der Waals surface area contributed by atoms with Gasteiger partial charge in [-0.1, -0.05) is 6.07 Å². The molecule has 1 aromatic heterocycles. The number of nitrogens with zero attached hydrogens (tertiary/aromatic N) is 1. The van der Waals surface area contributed by atoms with Crippen molar-refractivity contribution < 1.29 is 4.74 Å². The summed E-state index contributed by atoms with van der Waals surface area (Å²) >= 11 is 1.81. The number of hydrogen-bond acceptors (Lipinski definition) is 4. The molecule has 1 N–H and O–H groups in total. The first-order valence-electron chi connectivity index (χ1n) is 5.91. The molecule has 0 bridgehead atoms. The fraction of sp³-hybridized carbons (Fsp3) is 0.667. The van der Waals surface area contributed by atoms with E-state index in [9.17, 15) is 0 Å². The first-order chi connectivity index (χ1) is 7.86. The summed E-state index contributed by atoms with van der Waals surface area (Å²) in [6.45, 7) is 8.25. The van der Waals surface area contributed by atoms with Gasteiger partial charge in [0.1, 0.15) is 0 Å². The number of hydrogen-bond donors (Lipinski definition) is 1. The Kier molecular flexibility index (Phi) is 4.78. The molecule has 2 heterocycles. The summed E-state index contributed by atoms with van der Waals surface area (Å²) in [7, 11) is 0. The van der Waals surface area contributed by atoms with Gasteiger partial charge in [-0.25, -0.2) is 0 Å². The number of thiophene rings is 1. The predicted molar refractivity (Wildman–Crippen MR) is 67.9 cm³/mol. The minimum Gasteiger partial charge on any atom is -0.379 e. The Hall–Kier alpha value is -0.420. The van der Waals surface area contributed by atoms with Gasteiger partial charge in [0.25, 0.3) is 0 Å². The second-order valence-corrected chi connectivity index (χ2v) is 5.25. The van der Waals surface area contributed by atoms with Gasteiger partial charge >= 0.3 is 0 Å². The zero-order chi connectivity index (χ0) is 11.2. The molecular formula is C12H20N2OS. The molecule has 4 heteroatoms. The van der Waals surface area contributed by atoms with Crippen LogP contribution in [0.25, 0.3) is 0 Å². The van der Waals surface area contributed by atoms with E-state index in [2.05, 4.69) is 34.7 Å². The predicted octanol–water partition coefficient (Wildman–Crippen LogP) is 1.56.